The Morgan fingerprint density at radius 3 is 2.45 bits per heavy atom. The van der Waals surface area contributed by atoms with Gasteiger partial charge in [0.1, 0.15) is 12.4 Å². The molecule has 1 fully saturated rings. The number of carbonyl (C=O) groups excluding carboxylic acids is 1. The summed E-state index contributed by atoms with van der Waals surface area (Å²) in [5, 5.41) is 10.9. The van der Waals surface area contributed by atoms with Crippen molar-refractivity contribution in [3.8, 4) is 0 Å². The lowest BCUT2D eigenvalue weighted by Crippen LogP contribution is -2.41. The predicted octanol–water partition coefficient (Wildman–Crippen LogP) is 1.46. The van der Waals surface area contributed by atoms with Crippen LogP contribution in [0.2, 0.25) is 0 Å². The van der Waals surface area contributed by atoms with Crippen LogP contribution in [0.15, 0.2) is 24.3 Å². The Labute approximate surface area is 134 Å². The Morgan fingerprint density at radius 1 is 1.27 bits per heavy atom. The van der Waals surface area contributed by atoms with Crippen LogP contribution in [-0.2, 0) is 16.0 Å². The largest absolute Gasteiger partial charge is 0.480 e. The predicted molar refractivity (Wildman–Crippen MR) is 82.6 cm³/mol. The molecule has 122 valence electrons. The van der Waals surface area contributed by atoms with E-state index < -0.39 is 5.97 Å². The second-order valence-corrected chi connectivity index (χ2v) is 5.25. The van der Waals surface area contributed by atoms with Crippen molar-refractivity contribution in [2.45, 2.75) is 25.3 Å². The first-order valence-corrected chi connectivity index (χ1v) is 7.01. The van der Waals surface area contributed by atoms with E-state index in [-0.39, 0.29) is 37.2 Å². The maximum absolute atomic E-state index is 12.8. The molecule has 0 aromatic heterocycles. The number of hydrogen-bond donors (Lipinski definition) is 2. The Kier molecular flexibility index (Phi) is 7.27. The molecule has 5 nitrogen and oxygen atoms in total. The third-order valence-electron chi connectivity index (χ3n) is 3.45. The third kappa shape index (κ3) is 6.41. The minimum atomic E-state index is -1.05. The molecule has 1 aliphatic rings. The Balaban J connectivity index is 0.00000242. The van der Waals surface area contributed by atoms with Gasteiger partial charge in [0.15, 0.2) is 0 Å². The molecule has 0 spiro atoms. The molecule has 0 unspecified atom stereocenters. The van der Waals surface area contributed by atoms with Crippen LogP contribution in [-0.4, -0.2) is 47.6 Å². The van der Waals surface area contributed by atoms with Crippen LogP contribution in [0.4, 0.5) is 4.39 Å². The van der Waals surface area contributed by atoms with Crippen LogP contribution in [0.5, 0.6) is 0 Å². The van der Waals surface area contributed by atoms with E-state index in [4.69, 9.17) is 5.11 Å². The molecule has 0 bridgehead atoms. The van der Waals surface area contributed by atoms with Crippen molar-refractivity contribution in [3.05, 3.63) is 35.6 Å². The number of carbonyl (C=O) groups is 2. The highest BCUT2D eigenvalue weighted by Crippen LogP contribution is 2.26. The van der Waals surface area contributed by atoms with E-state index >= 15 is 0 Å². The van der Waals surface area contributed by atoms with Gasteiger partial charge in [-0.15, -0.1) is 12.4 Å². The van der Waals surface area contributed by atoms with E-state index in [0.717, 1.165) is 24.8 Å². The Morgan fingerprint density at radius 2 is 1.91 bits per heavy atom. The smallest absolute Gasteiger partial charge is 0.322 e. The van der Waals surface area contributed by atoms with Crippen molar-refractivity contribution in [1.82, 2.24) is 10.2 Å². The average Bonchev–Trinajstić information content (AvgIpc) is 3.27. The van der Waals surface area contributed by atoms with Crippen LogP contribution in [0.1, 0.15) is 18.4 Å². The molecule has 0 saturated heterocycles. The summed E-state index contributed by atoms with van der Waals surface area (Å²) < 4.78 is 12.8. The zero-order valence-corrected chi connectivity index (χ0v) is 12.9. The second-order valence-electron chi connectivity index (χ2n) is 5.25. The summed E-state index contributed by atoms with van der Waals surface area (Å²) in [5.41, 5.74) is 1.02. The molecule has 2 rings (SSSR count). The summed E-state index contributed by atoms with van der Waals surface area (Å²) in [5.74, 6) is -1.58. The van der Waals surface area contributed by atoms with Gasteiger partial charge in [0.05, 0.1) is 6.54 Å². The first-order valence-electron chi connectivity index (χ1n) is 7.01. The van der Waals surface area contributed by atoms with Crippen LogP contribution in [0.25, 0.3) is 0 Å². The minimum Gasteiger partial charge on any atom is -0.480 e. The first kappa shape index (κ1) is 18.4. The van der Waals surface area contributed by atoms with Crippen LogP contribution in [0, 0.1) is 5.82 Å². The Bertz CT molecular complexity index is 506. The molecule has 1 aromatic carbocycles. The van der Waals surface area contributed by atoms with Gasteiger partial charge >= 0.3 is 5.97 Å². The third-order valence-corrected chi connectivity index (χ3v) is 3.45. The van der Waals surface area contributed by atoms with E-state index in [1.165, 1.54) is 12.1 Å². The van der Waals surface area contributed by atoms with Crippen molar-refractivity contribution in [2.75, 3.05) is 19.6 Å². The average molecular weight is 331 g/mol. The highest BCUT2D eigenvalue weighted by atomic mass is 35.5. The first-order chi connectivity index (χ1) is 10.0. The van der Waals surface area contributed by atoms with Crippen LogP contribution < -0.4 is 5.32 Å². The molecule has 0 aliphatic heterocycles. The molecule has 1 amide bonds. The number of aliphatic carboxylic acids is 1. The lowest BCUT2D eigenvalue weighted by atomic mass is 10.1. The summed E-state index contributed by atoms with van der Waals surface area (Å²) in [4.78, 5) is 24.2. The molecule has 1 aromatic rings. The fourth-order valence-corrected chi connectivity index (χ4v) is 2.17. The van der Waals surface area contributed by atoms with E-state index in [1.54, 1.807) is 12.1 Å². The van der Waals surface area contributed by atoms with Gasteiger partial charge in [-0.1, -0.05) is 12.1 Å². The fraction of sp³-hybridized carbons (Fsp3) is 0.467. The van der Waals surface area contributed by atoms with Crippen LogP contribution >= 0.6 is 12.4 Å². The number of carboxylic acids is 1. The quantitative estimate of drug-likeness (QED) is 0.757. The van der Waals surface area contributed by atoms with Gasteiger partial charge in [0, 0.05) is 12.6 Å². The molecule has 1 saturated carbocycles. The van der Waals surface area contributed by atoms with Crippen molar-refractivity contribution in [3.63, 3.8) is 0 Å². The van der Waals surface area contributed by atoms with E-state index in [2.05, 4.69) is 10.2 Å². The Hall–Kier alpha value is -1.66. The van der Waals surface area contributed by atoms with Crippen molar-refractivity contribution >= 4 is 24.3 Å². The number of rotatable bonds is 8. The summed E-state index contributed by atoms with van der Waals surface area (Å²) in [6, 6.07) is 6.74. The fourth-order valence-electron chi connectivity index (χ4n) is 2.17. The van der Waals surface area contributed by atoms with Crippen LogP contribution in [0.3, 0.4) is 0 Å². The van der Waals surface area contributed by atoms with Gasteiger partial charge in [-0.2, -0.15) is 0 Å². The molecular weight excluding hydrogens is 311 g/mol. The number of carboxylic acid groups (broad SMARTS) is 1. The van der Waals surface area contributed by atoms with E-state index in [0.29, 0.717) is 12.6 Å². The molecule has 2 N–H and O–H groups in total. The number of hydrogen-bond acceptors (Lipinski definition) is 3. The summed E-state index contributed by atoms with van der Waals surface area (Å²) in [6.45, 7) is 0.561. The standard InChI is InChI=1S/C15H19FN2O3.ClH/c16-12-3-1-11(2-4-12)7-8-18(13-5-6-13)10-14(19)17-9-15(20)21;/h1-4,13H,5-10H2,(H,17,19)(H,20,21);1H. The zero-order chi connectivity index (χ0) is 15.2. The molecular formula is C15H20ClFN2O3. The van der Waals surface area contributed by atoms with Gasteiger partial charge in [0.2, 0.25) is 5.91 Å². The lowest BCUT2D eigenvalue weighted by Gasteiger charge is -2.21. The summed E-state index contributed by atoms with van der Waals surface area (Å²) >= 11 is 0. The highest BCUT2D eigenvalue weighted by molar-refractivity contribution is 5.85. The number of benzene rings is 1. The number of nitrogens with one attached hydrogen (secondary N) is 1. The summed E-state index contributed by atoms with van der Waals surface area (Å²) in [7, 11) is 0. The summed E-state index contributed by atoms with van der Waals surface area (Å²) in [6.07, 6.45) is 2.87. The van der Waals surface area contributed by atoms with Gasteiger partial charge in [-0.25, -0.2) is 4.39 Å². The molecule has 0 atom stereocenters. The monoisotopic (exact) mass is 330 g/mol. The van der Waals surface area contributed by atoms with Crippen molar-refractivity contribution < 1.29 is 19.1 Å². The number of halogens is 2. The van der Waals surface area contributed by atoms with Gasteiger partial charge in [0.25, 0.3) is 0 Å². The van der Waals surface area contributed by atoms with Gasteiger partial charge in [-0.3, -0.25) is 14.5 Å². The highest BCUT2D eigenvalue weighted by Gasteiger charge is 2.29. The molecule has 0 heterocycles. The zero-order valence-electron chi connectivity index (χ0n) is 12.1. The molecule has 0 radical (unpaired) electrons. The van der Waals surface area contributed by atoms with E-state index in [1.807, 2.05) is 0 Å². The number of amides is 1. The van der Waals surface area contributed by atoms with Crippen molar-refractivity contribution in [1.29, 1.82) is 0 Å². The minimum absolute atomic E-state index is 0. The molecule has 22 heavy (non-hydrogen) atoms. The van der Waals surface area contributed by atoms with Crippen molar-refractivity contribution in [2.24, 2.45) is 0 Å². The second kappa shape index (κ2) is 8.70. The normalized spacial score (nSPS) is 13.5. The molecule has 1 aliphatic carbocycles. The van der Waals surface area contributed by atoms with E-state index in [9.17, 15) is 14.0 Å². The lowest BCUT2D eigenvalue weighted by molar-refractivity contribution is -0.138. The SMILES string of the molecule is Cl.O=C(O)CNC(=O)CN(CCc1ccc(F)cc1)C1CC1. The topological polar surface area (TPSA) is 69.6 Å². The maximum Gasteiger partial charge on any atom is 0.322 e. The molecule has 7 heteroatoms. The number of nitrogens with zero attached hydrogens (tertiary/aromatic N) is 1. The van der Waals surface area contributed by atoms with Gasteiger partial charge in [-0.05, 0) is 37.0 Å². The maximum atomic E-state index is 12.8. The van der Waals surface area contributed by atoms with Gasteiger partial charge < -0.3 is 10.4 Å².